The summed E-state index contributed by atoms with van der Waals surface area (Å²) in [4.78, 5) is 29.1. The first kappa shape index (κ1) is 21.4. The van der Waals surface area contributed by atoms with Crippen LogP contribution in [0.5, 0.6) is 0 Å². The van der Waals surface area contributed by atoms with E-state index in [0.29, 0.717) is 45.1 Å². The van der Waals surface area contributed by atoms with Gasteiger partial charge in [-0.25, -0.2) is 9.64 Å². The van der Waals surface area contributed by atoms with Crippen molar-refractivity contribution in [2.45, 2.75) is 20.3 Å². The third-order valence-corrected chi connectivity index (χ3v) is 5.16. The number of carbonyl (C=O) groups is 2. The van der Waals surface area contributed by atoms with E-state index in [4.69, 9.17) is 22.9 Å². The molecule has 3 aromatic rings. The summed E-state index contributed by atoms with van der Waals surface area (Å²) in [6, 6.07) is 13.7. The first-order valence-corrected chi connectivity index (χ1v) is 9.97. The second-order valence-electron chi connectivity index (χ2n) is 6.68. The molecule has 0 saturated carbocycles. The van der Waals surface area contributed by atoms with Gasteiger partial charge >= 0.3 is 5.97 Å². The molecule has 0 atom stereocenters. The maximum atomic E-state index is 12.7. The number of ketones is 1. The fourth-order valence-electron chi connectivity index (χ4n) is 3.54. The number of halogens is 1. The van der Waals surface area contributed by atoms with Crippen molar-refractivity contribution >= 4 is 29.0 Å². The van der Waals surface area contributed by atoms with Crippen molar-refractivity contribution in [2.24, 2.45) is 7.05 Å². The van der Waals surface area contributed by atoms with Gasteiger partial charge in [-0.15, -0.1) is 0 Å². The summed E-state index contributed by atoms with van der Waals surface area (Å²) in [5.74, 6) is -0.624. The predicted octanol–water partition coefficient (Wildman–Crippen LogP) is 5.87. The highest BCUT2D eigenvalue weighted by Crippen LogP contribution is 2.40. The number of carbonyl (C=O) groups excluding carboxylic acids is 2. The molecule has 0 saturated heterocycles. The van der Waals surface area contributed by atoms with Crippen LogP contribution < -0.4 is 0 Å². The Kier molecular flexibility index (Phi) is 6.39. The molecule has 0 fully saturated rings. The molecule has 30 heavy (non-hydrogen) atoms. The molecule has 0 bridgehead atoms. The van der Waals surface area contributed by atoms with E-state index in [1.54, 1.807) is 67.1 Å². The average molecular weight is 421 g/mol. The number of esters is 1. The second kappa shape index (κ2) is 8.98. The van der Waals surface area contributed by atoms with Crippen molar-refractivity contribution in [3.8, 4) is 11.1 Å². The molecule has 152 valence electrons. The topological polar surface area (TPSA) is 52.7 Å². The Hall–Kier alpha value is -3.36. The molecule has 0 aliphatic carbocycles. The number of benzene rings is 2. The molecule has 6 heteroatoms. The normalized spacial score (nSPS) is 10.5. The van der Waals surface area contributed by atoms with Crippen molar-refractivity contribution in [3.63, 3.8) is 0 Å². The largest absolute Gasteiger partial charge is 0.461 e. The van der Waals surface area contributed by atoms with Gasteiger partial charge in [-0.1, -0.05) is 54.9 Å². The Bertz CT molecular complexity index is 1150. The third-order valence-electron chi connectivity index (χ3n) is 4.93. The summed E-state index contributed by atoms with van der Waals surface area (Å²) in [6.07, 6.45) is 0.603. The number of hydrogen-bond donors (Lipinski definition) is 0. The molecule has 0 unspecified atom stereocenters. The van der Waals surface area contributed by atoms with E-state index in [-0.39, 0.29) is 12.4 Å². The maximum absolute atomic E-state index is 12.7. The molecule has 0 aliphatic rings. The maximum Gasteiger partial charge on any atom is 0.354 e. The highest BCUT2D eigenvalue weighted by Gasteiger charge is 2.27. The van der Waals surface area contributed by atoms with Crippen LogP contribution in [-0.4, -0.2) is 22.9 Å². The number of nitrogens with zero attached hydrogens (tertiary/aromatic N) is 2. The SMILES string of the molecule is [C-]#[N+]c1c(-c2ccc(C(=O)c3cccc(Cl)c3)cc2)c(C(=O)OCC)n(C)c1CC. The number of hydrogen-bond acceptors (Lipinski definition) is 3. The molecule has 3 rings (SSSR count). The van der Waals surface area contributed by atoms with Crippen LogP contribution in [0.2, 0.25) is 5.02 Å². The van der Waals surface area contributed by atoms with Gasteiger partial charge in [0, 0.05) is 34.5 Å². The molecule has 0 radical (unpaired) electrons. The summed E-state index contributed by atoms with van der Waals surface area (Å²) < 4.78 is 6.96. The zero-order chi connectivity index (χ0) is 21.8. The van der Waals surface area contributed by atoms with E-state index in [1.807, 2.05) is 6.92 Å². The van der Waals surface area contributed by atoms with Crippen LogP contribution >= 0.6 is 11.6 Å². The molecule has 2 aromatic carbocycles. The Morgan fingerprint density at radius 3 is 2.37 bits per heavy atom. The molecular formula is C24H21ClN2O3. The molecule has 0 amide bonds. The van der Waals surface area contributed by atoms with Crippen molar-refractivity contribution in [1.82, 2.24) is 4.57 Å². The minimum absolute atomic E-state index is 0.151. The molecule has 1 aromatic heterocycles. The molecule has 5 nitrogen and oxygen atoms in total. The molecule has 0 N–H and O–H groups in total. The quantitative estimate of drug-likeness (QED) is 0.285. The van der Waals surface area contributed by atoms with Crippen LogP contribution in [0.1, 0.15) is 46.0 Å². The van der Waals surface area contributed by atoms with Gasteiger partial charge in [0.05, 0.1) is 13.2 Å². The highest BCUT2D eigenvalue weighted by molar-refractivity contribution is 6.31. The van der Waals surface area contributed by atoms with Crippen molar-refractivity contribution in [1.29, 1.82) is 0 Å². The second-order valence-corrected chi connectivity index (χ2v) is 7.12. The van der Waals surface area contributed by atoms with Crippen LogP contribution in [0, 0.1) is 6.57 Å². The molecule has 0 aliphatic heterocycles. The van der Waals surface area contributed by atoms with Crippen molar-refractivity contribution < 1.29 is 14.3 Å². The zero-order valence-corrected chi connectivity index (χ0v) is 17.8. The van der Waals surface area contributed by atoms with E-state index in [2.05, 4.69) is 4.85 Å². The van der Waals surface area contributed by atoms with Crippen molar-refractivity contribution in [3.05, 3.63) is 87.5 Å². The Balaban J connectivity index is 2.09. The minimum Gasteiger partial charge on any atom is -0.461 e. The van der Waals surface area contributed by atoms with E-state index >= 15 is 0 Å². The lowest BCUT2D eigenvalue weighted by molar-refractivity contribution is 0.0516. The van der Waals surface area contributed by atoms with Gasteiger partial charge in [0.25, 0.3) is 0 Å². The van der Waals surface area contributed by atoms with Crippen LogP contribution in [0.4, 0.5) is 5.69 Å². The van der Waals surface area contributed by atoms with Crippen LogP contribution in [0.25, 0.3) is 16.0 Å². The summed E-state index contributed by atoms with van der Waals surface area (Å²) in [5.41, 5.74) is 3.74. The lowest BCUT2D eigenvalue weighted by Crippen LogP contribution is -2.12. The molecule has 1 heterocycles. The Morgan fingerprint density at radius 1 is 1.10 bits per heavy atom. The van der Waals surface area contributed by atoms with E-state index in [9.17, 15) is 9.59 Å². The van der Waals surface area contributed by atoms with Gasteiger partial charge in [-0.2, -0.15) is 0 Å². The lowest BCUT2D eigenvalue weighted by atomic mass is 9.98. The number of aromatic nitrogens is 1. The minimum atomic E-state index is -0.473. The summed E-state index contributed by atoms with van der Waals surface area (Å²) >= 11 is 5.99. The number of ether oxygens (including phenoxy) is 1. The van der Waals surface area contributed by atoms with Gasteiger partial charge in [0.15, 0.2) is 5.78 Å². The average Bonchev–Trinajstić information content (AvgIpc) is 3.04. The first-order valence-electron chi connectivity index (χ1n) is 9.59. The Morgan fingerprint density at radius 2 is 1.80 bits per heavy atom. The molecule has 0 spiro atoms. The van der Waals surface area contributed by atoms with Crippen LogP contribution in [0.15, 0.2) is 48.5 Å². The van der Waals surface area contributed by atoms with Crippen LogP contribution in [-0.2, 0) is 18.2 Å². The number of rotatable bonds is 6. The van der Waals surface area contributed by atoms with E-state index in [0.717, 1.165) is 5.69 Å². The van der Waals surface area contributed by atoms with E-state index < -0.39 is 5.97 Å². The Labute approximate surface area is 180 Å². The fraction of sp³-hybridized carbons (Fsp3) is 0.208. The van der Waals surface area contributed by atoms with E-state index in [1.165, 1.54) is 0 Å². The summed E-state index contributed by atoms with van der Waals surface area (Å²) in [6.45, 7) is 11.6. The predicted molar refractivity (Wildman–Crippen MR) is 117 cm³/mol. The molecular weight excluding hydrogens is 400 g/mol. The first-order chi connectivity index (χ1) is 14.4. The van der Waals surface area contributed by atoms with Crippen molar-refractivity contribution in [2.75, 3.05) is 6.61 Å². The fourth-order valence-corrected chi connectivity index (χ4v) is 3.73. The summed E-state index contributed by atoms with van der Waals surface area (Å²) in [7, 11) is 1.76. The zero-order valence-electron chi connectivity index (χ0n) is 17.0. The summed E-state index contributed by atoms with van der Waals surface area (Å²) in [5, 5.41) is 0.495. The van der Waals surface area contributed by atoms with Gasteiger partial charge in [-0.3, -0.25) is 4.79 Å². The lowest BCUT2D eigenvalue weighted by Gasteiger charge is -2.09. The van der Waals surface area contributed by atoms with Gasteiger partial charge in [0.2, 0.25) is 5.69 Å². The van der Waals surface area contributed by atoms with Gasteiger partial charge < -0.3 is 9.30 Å². The van der Waals surface area contributed by atoms with Crippen LogP contribution in [0.3, 0.4) is 0 Å². The van der Waals surface area contributed by atoms with Gasteiger partial charge in [-0.05, 0) is 31.0 Å². The highest BCUT2D eigenvalue weighted by atomic mass is 35.5. The standard InChI is InChI=1S/C24H21ClN2O3/c1-5-19-21(26-3)20(22(27(19)4)24(29)30-6-2)15-10-12-16(13-11-15)23(28)17-8-7-9-18(25)14-17/h7-14H,5-6H2,1-2,4H3. The van der Waals surface area contributed by atoms with Gasteiger partial charge in [0.1, 0.15) is 5.69 Å². The third kappa shape index (κ3) is 3.87. The smallest absolute Gasteiger partial charge is 0.354 e. The monoisotopic (exact) mass is 420 g/mol.